The number of hydrogen-bond acceptors (Lipinski definition) is 6. The molecule has 0 heterocycles. The van der Waals surface area contributed by atoms with Crippen LogP contribution in [-0.2, 0) is 28.6 Å². The van der Waals surface area contributed by atoms with Crippen molar-refractivity contribution < 1.29 is 28.6 Å². The van der Waals surface area contributed by atoms with Crippen molar-refractivity contribution in [1.29, 1.82) is 0 Å². The van der Waals surface area contributed by atoms with Crippen LogP contribution >= 0.6 is 0 Å². The third-order valence-electron chi connectivity index (χ3n) is 9.48. The van der Waals surface area contributed by atoms with E-state index in [9.17, 15) is 14.4 Å². The number of ether oxygens (including phenoxy) is 3. The van der Waals surface area contributed by atoms with Crippen molar-refractivity contribution in [2.75, 3.05) is 13.2 Å². The van der Waals surface area contributed by atoms with Crippen LogP contribution < -0.4 is 0 Å². The van der Waals surface area contributed by atoms with Crippen molar-refractivity contribution in [2.45, 2.75) is 207 Å². The zero-order chi connectivity index (χ0) is 41.5. The fraction of sp³-hybridized carbons (Fsp3) is 0.667. The van der Waals surface area contributed by atoms with Crippen molar-refractivity contribution in [3.63, 3.8) is 0 Å². The second kappa shape index (κ2) is 45.3. The minimum Gasteiger partial charge on any atom is -0.462 e. The first-order valence-corrected chi connectivity index (χ1v) is 23.2. The molecular formula is C51H84O6. The van der Waals surface area contributed by atoms with Gasteiger partial charge in [0.1, 0.15) is 13.2 Å². The van der Waals surface area contributed by atoms with Gasteiger partial charge in [-0.25, -0.2) is 0 Å². The van der Waals surface area contributed by atoms with Crippen LogP contribution in [-0.4, -0.2) is 37.2 Å². The highest BCUT2D eigenvalue weighted by Crippen LogP contribution is 2.13. The van der Waals surface area contributed by atoms with Crippen molar-refractivity contribution in [2.24, 2.45) is 0 Å². The standard InChI is InChI=1S/C51H84O6/c1-4-7-10-13-16-19-22-24-25-27-29-32-35-38-41-44-50(53)56-47-48(46-55-49(52)43-40-37-34-31-28-21-18-15-12-9-6-3)57-51(54)45-42-39-36-33-30-26-23-20-17-14-11-8-5-2/h8,11,14-20,22-24,26,30,48H,4-7,9-10,12-13,21,25,27-29,31-47H2,1-3H3/b11-8-,17-14-,18-15-,19-16-,23-20-,24-22-,30-26-. The van der Waals surface area contributed by atoms with Gasteiger partial charge in [0.2, 0.25) is 0 Å². The summed E-state index contributed by atoms with van der Waals surface area (Å²) in [5.41, 5.74) is 0. The Kier molecular flexibility index (Phi) is 42.6. The predicted octanol–water partition coefficient (Wildman–Crippen LogP) is 14.9. The highest BCUT2D eigenvalue weighted by molar-refractivity contribution is 5.71. The molecule has 0 rings (SSSR count). The Morgan fingerprint density at radius 1 is 0.368 bits per heavy atom. The van der Waals surface area contributed by atoms with Gasteiger partial charge >= 0.3 is 17.9 Å². The lowest BCUT2D eigenvalue weighted by atomic mass is 10.1. The van der Waals surface area contributed by atoms with Crippen molar-refractivity contribution >= 4 is 17.9 Å². The maximum atomic E-state index is 12.7. The predicted molar refractivity (Wildman–Crippen MR) is 242 cm³/mol. The number of hydrogen-bond donors (Lipinski definition) is 0. The second-order valence-corrected chi connectivity index (χ2v) is 15.0. The number of carbonyl (C=O) groups is 3. The van der Waals surface area contributed by atoms with Gasteiger partial charge in [-0.15, -0.1) is 0 Å². The van der Waals surface area contributed by atoms with Crippen molar-refractivity contribution in [3.8, 4) is 0 Å². The third kappa shape index (κ3) is 43.6. The molecule has 0 aliphatic heterocycles. The largest absolute Gasteiger partial charge is 0.462 e. The smallest absolute Gasteiger partial charge is 0.306 e. The lowest BCUT2D eigenvalue weighted by Crippen LogP contribution is -2.30. The molecule has 0 radical (unpaired) electrons. The van der Waals surface area contributed by atoms with E-state index in [0.717, 1.165) is 83.5 Å². The van der Waals surface area contributed by atoms with Gasteiger partial charge in [-0.2, -0.15) is 0 Å². The van der Waals surface area contributed by atoms with Gasteiger partial charge < -0.3 is 14.2 Å². The molecule has 0 aliphatic rings. The van der Waals surface area contributed by atoms with Crippen LogP contribution in [0.25, 0.3) is 0 Å². The van der Waals surface area contributed by atoms with E-state index in [1.165, 1.54) is 70.6 Å². The first-order valence-electron chi connectivity index (χ1n) is 23.2. The molecule has 0 fully saturated rings. The third-order valence-corrected chi connectivity index (χ3v) is 9.48. The minimum atomic E-state index is -0.803. The number of carbonyl (C=O) groups excluding carboxylic acids is 3. The topological polar surface area (TPSA) is 78.9 Å². The Morgan fingerprint density at radius 3 is 1.21 bits per heavy atom. The summed E-state index contributed by atoms with van der Waals surface area (Å²) in [7, 11) is 0. The molecule has 0 amide bonds. The Balaban J connectivity index is 4.48. The van der Waals surface area contributed by atoms with Crippen molar-refractivity contribution in [1.82, 2.24) is 0 Å². The van der Waals surface area contributed by atoms with E-state index in [2.05, 4.69) is 69.4 Å². The van der Waals surface area contributed by atoms with E-state index in [4.69, 9.17) is 14.2 Å². The number of unbranched alkanes of at least 4 members (excludes halogenated alkanes) is 19. The van der Waals surface area contributed by atoms with Gasteiger partial charge in [0.15, 0.2) is 6.10 Å². The first-order chi connectivity index (χ1) is 28.0. The van der Waals surface area contributed by atoms with Crippen LogP contribution in [0, 0.1) is 0 Å². The molecule has 0 aromatic heterocycles. The van der Waals surface area contributed by atoms with Crippen LogP contribution in [0.3, 0.4) is 0 Å². The summed E-state index contributed by atoms with van der Waals surface area (Å²) in [6.07, 6.45) is 57.0. The Labute approximate surface area is 350 Å². The number of esters is 3. The molecule has 6 heteroatoms. The van der Waals surface area contributed by atoms with E-state index in [-0.39, 0.29) is 37.5 Å². The molecule has 1 unspecified atom stereocenters. The average molecular weight is 793 g/mol. The van der Waals surface area contributed by atoms with E-state index < -0.39 is 6.10 Å². The fourth-order valence-corrected chi connectivity index (χ4v) is 5.95. The quantitative estimate of drug-likeness (QED) is 0.0202. The molecule has 0 bridgehead atoms. The molecular weight excluding hydrogens is 709 g/mol. The molecule has 0 saturated heterocycles. The number of allylic oxidation sites excluding steroid dienone is 14. The molecule has 0 aliphatic carbocycles. The van der Waals surface area contributed by atoms with Gasteiger partial charge in [-0.3, -0.25) is 14.4 Å². The summed E-state index contributed by atoms with van der Waals surface area (Å²) in [5, 5.41) is 0. The van der Waals surface area contributed by atoms with Crippen LogP contribution in [0.2, 0.25) is 0 Å². The zero-order valence-corrected chi connectivity index (χ0v) is 36.8. The van der Waals surface area contributed by atoms with Gasteiger partial charge in [0, 0.05) is 19.3 Å². The number of rotatable bonds is 40. The maximum absolute atomic E-state index is 12.7. The Morgan fingerprint density at radius 2 is 0.719 bits per heavy atom. The van der Waals surface area contributed by atoms with E-state index in [1.54, 1.807) is 0 Å². The molecule has 0 aromatic carbocycles. The van der Waals surface area contributed by atoms with Crippen LogP contribution in [0.15, 0.2) is 85.1 Å². The molecule has 0 N–H and O–H groups in total. The summed E-state index contributed by atoms with van der Waals surface area (Å²) in [6, 6.07) is 0. The molecule has 6 nitrogen and oxygen atoms in total. The van der Waals surface area contributed by atoms with Crippen LogP contribution in [0.5, 0.6) is 0 Å². The summed E-state index contributed by atoms with van der Waals surface area (Å²) in [5.74, 6) is -0.970. The van der Waals surface area contributed by atoms with Gasteiger partial charge in [-0.1, -0.05) is 183 Å². The average Bonchev–Trinajstić information content (AvgIpc) is 3.21. The second-order valence-electron chi connectivity index (χ2n) is 15.0. The molecule has 0 saturated carbocycles. The lowest BCUT2D eigenvalue weighted by Gasteiger charge is -2.18. The Hall–Kier alpha value is -3.41. The van der Waals surface area contributed by atoms with Crippen LogP contribution in [0.1, 0.15) is 201 Å². The molecule has 57 heavy (non-hydrogen) atoms. The molecule has 0 aromatic rings. The molecule has 1 atom stereocenters. The monoisotopic (exact) mass is 793 g/mol. The minimum absolute atomic E-state index is 0.102. The van der Waals surface area contributed by atoms with Gasteiger partial charge in [-0.05, 0) is 83.5 Å². The summed E-state index contributed by atoms with van der Waals surface area (Å²) in [4.78, 5) is 37.8. The first kappa shape index (κ1) is 53.6. The van der Waals surface area contributed by atoms with Gasteiger partial charge in [0.25, 0.3) is 0 Å². The maximum Gasteiger partial charge on any atom is 0.306 e. The lowest BCUT2D eigenvalue weighted by molar-refractivity contribution is -0.167. The van der Waals surface area contributed by atoms with Gasteiger partial charge in [0.05, 0.1) is 0 Å². The molecule has 324 valence electrons. The highest BCUT2D eigenvalue weighted by Gasteiger charge is 2.19. The fourth-order valence-electron chi connectivity index (χ4n) is 5.95. The summed E-state index contributed by atoms with van der Waals surface area (Å²) >= 11 is 0. The van der Waals surface area contributed by atoms with Crippen LogP contribution in [0.4, 0.5) is 0 Å². The highest BCUT2D eigenvalue weighted by atomic mass is 16.6. The molecule has 0 spiro atoms. The zero-order valence-electron chi connectivity index (χ0n) is 36.8. The van der Waals surface area contributed by atoms with E-state index in [1.807, 2.05) is 36.5 Å². The SMILES string of the molecule is CC\C=C/C=C\C=C/C=C\CCCCCC(=O)OC(COC(=O)CCCCCCC/C=C\CCCC)COC(=O)CCCCCCCC/C=C\C=C/CCCCC. The summed E-state index contributed by atoms with van der Waals surface area (Å²) < 4.78 is 16.7. The normalized spacial score (nSPS) is 12.8. The van der Waals surface area contributed by atoms with E-state index >= 15 is 0 Å². The van der Waals surface area contributed by atoms with E-state index in [0.29, 0.717) is 19.3 Å². The summed E-state index contributed by atoms with van der Waals surface area (Å²) in [6.45, 7) is 6.35. The Bertz CT molecular complexity index is 1140. The van der Waals surface area contributed by atoms with Crippen molar-refractivity contribution in [3.05, 3.63) is 85.1 Å².